The zero-order valence-corrected chi connectivity index (χ0v) is 38.9. The van der Waals surface area contributed by atoms with Crippen LogP contribution in [-0.4, -0.2) is 110 Å². The van der Waals surface area contributed by atoms with Crippen LogP contribution in [0.1, 0.15) is 219 Å². The Morgan fingerprint density at radius 3 is 1.41 bits per heavy atom. The molecule has 1 aliphatic heterocycles. The van der Waals surface area contributed by atoms with Gasteiger partial charge in [-0.3, -0.25) is 4.79 Å². The first-order chi connectivity index (χ1) is 29.7. The lowest BCUT2D eigenvalue weighted by Crippen LogP contribution is -2.60. The van der Waals surface area contributed by atoms with Gasteiger partial charge in [0.25, 0.3) is 0 Å². The minimum Gasteiger partial charge on any atom is -0.394 e. The summed E-state index contributed by atoms with van der Waals surface area (Å²) < 4.78 is 11.1. The van der Waals surface area contributed by atoms with E-state index in [9.17, 15) is 40.5 Å². The standard InChI is InChI=1S/C50H95NO10/c1-3-5-7-9-11-13-15-17-18-19-20-21-22-23-24-25-26-28-30-32-34-36-38-43(54)49(59)51-41(40-60-50-48(58)47(57)46(56)44(39-52)61-50)45(55)42(53)37-35-33-31-29-27-16-14-12-10-8-6-4-2/h17-18,29,31,41-48,50,52-58H,3-16,19-28,30,32-40H2,1-2H3,(H,51,59)/b18-17-,31-29-/t41-,42+,43+,44+,45-,46+,47-,48+,50+/m0/s1. The molecule has 61 heavy (non-hydrogen) atoms. The number of hydrogen-bond acceptors (Lipinski definition) is 10. The van der Waals surface area contributed by atoms with Crippen molar-refractivity contribution in [3.8, 4) is 0 Å². The normalized spacial score (nSPS) is 21.6. The van der Waals surface area contributed by atoms with Crippen molar-refractivity contribution in [2.45, 2.75) is 274 Å². The second-order valence-corrected chi connectivity index (χ2v) is 17.9. The number of rotatable bonds is 42. The molecule has 11 heteroatoms. The fourth-order valence-corrected chi connectivity index (χ4v) is 8.02. The van der Waals surface area contributed by atoms with Crippen molar-refractivity contribution in [1.29, 1.82) is 0 Å². The van der Waals surface area contributed by atoms with Gasteiger partial charge in [0, 0.05) is 0 Å². The molecule has 0 spiro atoms. The van der Waals surface area contributed by atoms with E-state index in [1.165, 1.54) is 141 Å². The molecule has 1 saturated heterocycles. The predicted octanol–water partition coefficient (Wildman–Crippen LogP) is 9.01. The summed E-state index contributed by atoms with van der Waals surface area (Å²) in [5, 5.41) is 75.7. The number of aliphatic hydroxyl groups excluding tert-OH is 7. The molecule has 1 rings (SSSR count). The number of unbranched alkanes of at least 4 members (excludes halogenated alkanes) is 26. The van der Waals surface area contributed by atoms with Crippen molar-refractivity contribution in [3.05, 3.63) is 24.3 Å². The van der Waals surface area contributed by atoms with E-state index < -0.39 is 74.2 Å². The molecule has 1 fully saturated rings. The number of carbonyl (C=O) groups is 1. The Labute approximate surface area is 372 Å². The van der Waals surface area contributed by atoms with Crippen LogP contribution in [0.25, 0.3) is 0 Å². The Morgan fingerprint density at radius 1 is 0.557 bits per heavy atom. The molecule has 0 aromatic heterocycles. The molecule has 0 aromatic rings. The van der Waals surface area contributed by atoms with Gasteiger partial charge in [-0.2, -0.15) is 0 Å². The molecular formula is C50H95NO10. The Balaban J connectivity index is 2.36. The lowest BCUT2D eigenvalue weighted by molar-refractivity contribution is -0.303. The number of allylic oxidation sites excluding steroid dienone is 4. The second-order valence-electron chi connectivity index (χ2n) is 17.9. The van der Waals surface area contributed by atoms with Gasteiger partial charge in [-0.25, -0.2) is 0 Å². The molecule has 8 N–H and O–H groups in total. The van der Waals surface area contributed by atoms with Crippen molar-refractivity contribution in [3.63, 3.8) is 0 Å². The average molecular weight is 870 g/mol. The van der Waals surface area contributed by atoms with Crippen molar-refractivity contribution in [2.75, 3.05) is 13.2 Å². The SMILES string of the molecule is CCCCCCCC/C=C\CCCCCCCCCCCCCC[C@@H](O)C(=O)N[C@@H](CO[C@@H]1O[C@H](CO)[C@@H](O)[C@H](O)[C@H]1O)[C@H](O)[C@H](O)CCC/C=C\CCCCCCCCC. The molecular weight excluding hydrogens is 775 g/mol. The lowest BCUT2D eigenvalue weighted by Gasteiger charge is -2.40. The number of amides is 1. The van der Waals surface area contributed by atoms with E-state index >= 15 is 0 Å². The number of hydrogen-bond donors (Lipinski definition) is 8. The third kappa shape index (κ3) is 29.6. The highest BCUT2D eigenvalue weighted by atomic mass is 16.7. The summed E-state index contributed by atoms with van der Waals surface area (Å²) in [7, 11) is 0. The van der Waals surface area contributed by atoms with E-state index in [0.717, 1.165) is 38.5 Å². The summed E-state index contributed by atoms with van der Waals surface area (Å²) in [5.74, 6) is -0.707. The minimum absolute atomic E-state index is 0.255. The highest BCUT2D eigenvalue weighted by molar-refractivity contribution is 5.80. The maximum Gasteiger partial charge on any atom is 0.249 e. The van der Waals surface area contributed by atoms with Crippen LogP contribution < -0.4 is 5.32 Å². The van der Waals surface area contributed by atoms with Crippen molar-refractivity contribution >= 4 is 5.91 Å². The average Bonchev–Trinajstić information content (AvgIpc) is 3.26. The van der Waals surface area contributed by atoms with Gasteiger partial charge >= 0.3 is 0 Å². The van der Waals surface area contributed by atoms with Crippen LogP contribution in [0.2, 0.25) is 0 Å². The van der Waals surface area contributed by atoms with Crippen LogP contribution in [0.5, 0.6) is 0 Å². The second kappa shape index (κ2) is 40.1. The van der Waals surface area contributed by atoms with E-state index in [2.05, 4.69) is 43.5 Å². The first kappa shape index (κ1) is 57.6. The largest absolute Gasteiger partial charge is 0.394 e. The summed E-state index contributed by atoms with van der Waals surface area (Å²) in [6.07, 6.45) is 33.8. The van der Waals surface area contributed by atoms with Crippen molar-refractivity contribution < 1.29 is 50.0 Å². The predicted molar refractivity (Wildman–Crippen MR) is 247 cm³/mol. The Bertz CT molecular complexity index is 1040. The van der Waals surface area contributed by atoms with Crippen molar-refractivity contribution in [2.24, 2.45) is 0 Å². The van der Waals surface area contributed by atoms with Crippen LogP contribution in [0.4, 0.5) is 0 Å². The van der Waals surface area contributed by atoms with Gasteiger partial charge in [-0.15, -0.1) is 0 Å². The summed E-state index contributed by atoms with van der Waals surface area (Å²) >= 11 is 0. The summed E-state index contributed by atoms with van der Waals surface area (Å²) in [6.45, 7) is 3.41. The van der Waals surface area contributed by atoms with Gasteiger partial charge in [0.2, 0.25) is 5.91 Å². The molecule has 0 saturated carbocycles. The van der Waals surface area contributed by atoms with E-state index in [1.54, 1.807) is 0 Å². The van der Waals surface area contributed by atoms with E-state index in [1.807, 2.05) is 0 Å². The Morgan fingerprint density at radius 2 is 0.967 bits per heavy atom. The monoisotopic (exact) mass is 870 g/mol. The number of nitrogens with one attached hydrogen (secondary N) is 1. The highest BCUT2D eigenvalue weighted by Gasteiger charge is 2.44. The van der Waals surface area contributed by atoms with Gasteiger partial charge in [-0.1, -0.05) is 179 Å². The maximum absolute atomic E-state index is 13.1. The molecule has 360 valence electrons. The van der Waals surface area contributed by atoms with Crippen LogP contribution in [0, 0.1) is 0 Å². The first-order valence-corrected chi connectivity index (χ1v) is 25.2. The van der Waals surface area contributed by atoms with Gasteiger partial charge in [0.05, 0.1) is 25.4 Å². The third-order valence-corrected chi connectivity index (χ3v) is 12.2. The minimum atomic E-state index is -1.67. The van der Waals surface area contributed by atoms with Crippen LogP contribution >= 0.6 is 0 Å². The molecule has 0 bridgehead atoms. The van der Waals surface area contributed by atoms with E-state index in [-0.39, 0.29) is 12.8 Å². The lowest BCUT2D eigenvalue weighted by atomic mass is 9.98. The van der Waals surface area contributed by atoms with Crippen LogP contribution in [0.15, 0.2) is 24.3 Å². The van der Waals surface area contributed by atoms with Gasteiger partial charge in [0.1, 0.15) is 36.6 Å². The highest BCUT2D eigenvalue weighted by Crippen LogP contribution is 2.23. The molecule has 1 aliphatic rings. The first-order valence-electron chi connectivity index (χ1n) is 25.2. The third-order valence-electron chi connectivity index (χ3n) is 12.2. The Hall–Kier alpha value is -1.41. The zero-order valence-electron chi connectivity index (χ0n) is 38.9. The van der Waals surface area contributed by atoms with Gasteiger partial charge < -0.3 is 50.5 Å². The molecule has 0 aliphatic carbocycles. The maximum atomic E-state index is 13.1. The Kier molecular flexibility index (Phi) is 37.9. The summed E-state index contributed by atoms with van der Waals surface area (Å²) in [4.78, 5) is 13.1. The smallest absolute Gasteiger partial charge is 0.249 e. The molecule has 0 aromatic carbocycles. The molecule has 1 amide bonds. The number of carbonyl (C=O) groups excluding carboxylic acids is 1. The van der Waals surface area contributed by atoms with E-state index in [4.69, 9.17) is 9.47 Å². The zero-order chi connectivity index (χ0) is 44.8. The molecule has 0 radical (unpaired) electrons. The summed E-state index contributed by atoms with van der Waals surface area (Å²) in [5.41, 5.74) is 0. The van der Waals surface area contributed by atoms with E-state index in [0.29, 0.717) is 12.8 Å². The molecule has 1 heterocycles. The quantitative estimate of drug-likeness (QED) is 0.0217. The van der Waals surface area contributed by atoms with Crippen LogP contribution in [-0.2, 0) is 14.3 Å². The van der Waals surface area contributed by atoms with Gasteiger partial charge in [-0.05, 0) is 64.2 Å². The molecule has 11 nitrogen and oxygen atoms in total. The fraction of sp³-hybridized carbons (Fsp3) is 0.900. The van der Waals surface area contributed by atoms with Crippen LogP contribution in [0.3, 0.4) is 0 Å². The van der Waals surface area contributed by atoms with Crippen molar-refractivity contribution in [1.82, 2.24) is 5.32 Å². The van der Waals surface area contributed by atoms with Gasteiger partial charge in [0.15, 0.2) is 6.29 Å². The fourth-order valence-electron chi connectivity index (χ4n) is 8.02. The number of aliphatic hydroxyl groups is 7. The molecule has 0 unspecified atom stereocenters. The number of ether oxygens (including phenoxy) is 2. The summed E-state index contributed by atoms with van der Waals surface area (Å²) in [6, 6.07) is -1.18. The molecule has 9 atom stereocenters. The topological polar surface area (TPSA) is 189 Å².